The van der Waals surface area contributed by atoms with Crippen LogP contribution in [0.1, 0.15) is 39.0 Å². The van der Waals surface area contributed by atoms with Gasteiger partial charge in [-0.25, -0.2) is 0 Å². The van der Waals surface area contributed by atoms with Crippen LogP contribution in [0.15, 0.2) is 30.3 Å². The third-order valence-corrected chi connectivity index (χ3v) is 3.43. The van der Waals surface area contributed by atoms with Gasteiger partial charge in [-0.05, 0) is 30.8 Å². The molecule has 0 atom stereocenters. The molecule has 10 heteroatoms. The minimum Gasteiger partial charge on any atom is -0.466 e. The molecule has 0 bridgehead atoms. The quantitative estimate of drug-likeness (QED) is 0.274. The number of nitrogens with one attached hydrogen (secondary N) is 4. The Morgan fingerprint density at radius 1 is 0.893 bits per heavy atom. The molecule has 0 spiro atoms. The first-order valence-corrected chi connectivity index (χ1v) is 9.20. The summed E-state index contributed by atoms with van der Waals surface area (Å²) in [5.41, 5.74) is 5.29. The molecule has 1 aromatic rings. The molecular formula is C18H24N4O5S. The Bertz CT molecular complexity index is 696. The summed E-state index contributed by atoms with van der Waals surface area (Å²) in [5.74, 6) is -1.71. The maximum absolute atomic E-state index is 11.8. The minimum absolute atomic E-state index is 0.0125. The van der Waals surface area contributed by atoms with E-state index in [0.29, 0.717) is 18.7 Å². The molecule has 0 radical (unpaired) electrons. The number of para-hydroxylation sites is 1. The van der Waals surface area contributed by atoms with E-state index in [4.69, 9.17) is 17.0 Å². The number of esters is 1. The second-order valence-electron chi connectivity index (χ2n) is 5.69. The average molecular weight is 408 g/mol. The molecule has 0 unspecified atom stereocenters. The molecule has 28 heavy (non-hydrogen) atoms. The highest BCUT2D eigenvalue weighted by Gasteiger charge is 2.11. The molecule has 1 rings (SSSR count). The van der Waals surface area contributed by atoms with E-state index in [9.17, 15) is 19.2 Å². The Morgan fingerprint density at radius 3 is 2.21 bits per heavy atom. The lowest BCUT2D eigenvalue weighted by Gasteiger charge is -2.11. The highest BCUT2D eigenvalue weighted by Crippen LogP contribution is 2.05. The summed E-state index contributed by atoms with van der Waals surface area (Å²) in [6, 6.07) is 8.88. The van der Waals surface area contributed by atoms with Gasteiger partial charge in [-0.3, -0.25) is 30.0 Å². The minimum atomic E-state index is -0.484. The van der Waals surface area contributed by atoms with Gasteiger partial charge in [-0.1, -0.05) is 25.1 Å². The van der Waals surface area contributed by atoms with E-state index in [1.165, 1.54) is 0 Å². The van der Waals surface area contributed by atoms with Crippen molar-refractivity contribution in [3.63, 3.8) is 0 Å². The van der Waals surface area contributed by atoms with E-state index in [-0.39, 0.29) is 36.7 Å². The predicted molar refractivity (Wildman–Crippen MR) is 107 cm³/mol. The van der Waals surface area contributed by atoms with Gasteiger partial charge in [0.15, 0.2) is 5.11 Å². The van der Waals surface area contributed by atoms with E-state index in [1.54, 1.807) is 24.3 Å². The fraction of sp³-hybridized carbons (Fsp3) is 0.389. The standard InChI is InChI=1S/C18H24N4O5S/c1-2-12-27-17(26)11-10-15(24)20-18(28)22-21-16(25)9-8-14(23)19-13-6-4-3-5-7-13/h3-7H,2,8-12H2,1H3,(H,19,23)(H,21,25)(H2,20,22,24,28). The van der Waals surface area contributed by atoms with Crippen molar-refractivity contribution in [2.75, 3.05) is 11.9 Å². The van der Waals surface area contributed by atoms with Crippen LogP contribution in [0.25, 0.3) is 0 Å². The predicted octanol–water partition coefficient (Wildman–Crippen LogP) is 1.16. The van der Waals surface area contributed by atoms with Crippen LogP contribution in [0.5, 0.6) is 0 Å². The van der Waals surface area contributed by atoms with Crippen molar-refractivity contribution in [2.45, 2.75) is 39.0 Å². The number of thiocarbonyl (C=S) groups is 1. The molecule has 0 aliphatic carbocycles. The zero-order valence-corrected chi connectivity index (χ0v) is 16.4. The molecule has 152 valence electrons. The van der Waals surface area contributed by atoms with E-state index >= 15 is 0 Å². The molecule has 0 heterocycles. The van der Waals surface area contributed by atoms with E-state index < -0.39 is 17.8 Å². The van der Waals surface area contributed by atoms with Crippen LogP contribution in [0.3, 0.4) is 0 Å². The number of amides is 3. The molecule has 0 saturated carbocycles. The van der Waals surface area contributed by atoms with Gasteiger partial charge in [0.25, 0.3) is 0 Å². The van der Waals surface area contributed by atoms with Crippen molar-refractivity contribution in [2.24, 2.45) is 0 Å². The molecule has 0 aromatic heterocycles. The first kappa shape index (κ1) is 23.0. The molecule has 0 fully saturated rings. The number of anilines is 1. The fourth-order valence-electron chi connectivity index (χ4n) is 1.89. The van der Waals surface area contributed by atoms with Crippen molar-refractivity contribution < 1.29 is 23.9 Å². The third-order valence-electron chi connectivity index (χ3n) is 3.23. The van der Waals surface area contributed by atoms with Gasteiger partial charge in [0, 0.05) is 24.9 Å². The topological polar surface area (TPSA) is 126 Å². The van der Waals surface area contributed by atoms with Crippen molar-refractivity contribution in [1.29, 1.82) is 0 Å². The Labute approximate surface area is 168 Å². The number of rotatable bonds is 9. The number of hydrazine groups is 1. The maximum atomic E-state index is 11.8. The molecule has 0 saturated heterocycles. The summed E-state index contributed by atoms with van der Waals surface area (Å²) in [7, 11) is 0. The molecule has 0 aliphatic heterocycles. The van der Waals surface area contributed by atoms with Crippen LogP contribution in [0, 0.1) is 0 Å². The molecule has 4 N–H and O–H groups in total. The van der Waals surface area contributed by atoms with Gasteiger partial charge < -0.3 is 15.4 Å². The zero-order valence-electron chi connectivity index (χ0n) is 15.6. The highest BCUT2D eigenvalue weighted by molar-refractivity contribution is 7.80. The van der Waals surface area contributed by atoms with Crippen LogP contribution in [-0.4, -0.2) is 35.4 Å². The van der Waals surface area contributed by atoms with Gasteiger partial charge in [-0.2, -0.15) is 0 Å². The summed E-state index contributed by atoms with van der Waals surface area (Å²) >= 11 is 4.87. The van der Waals surface area contributed by atoms with Gasteiger partial charge >= 0.3 is 5.97 Å². The third kappa shape index (κ3) is 10.9. The number of ether oxygens (including phenoxy) is 1. The highest BCUT2D eigenvalue weighted by atomic mass is 32.1. The van der Waals surface area contributed by atoms with E-state index in [1.807, 2.05) is 13.0 Å². The van der Waals surface area contributed by atoms with Crippen molar-refractivity contribution in [3.05, 3.63) is 30.3 Å². The normalized spacial score (nSPS) is 9.75. The average Bonchev–Trinajstić information content (AvgIpc) is 2.68. The first-order valence-electron chi connectivity index (χ1n) is 8.80. The summed E-state index contributed by atoms with van der Waals surface area (Å²) in [6.45, 7) is 2.18. The van der Waals surface area contributed by atoms with Crippen molar-refractivity contribution >= 4 is 46.7 Å². The van der Waals surface area contributed by atoms with Crippen LogP contribution in [0.2, 0.25) is 0 Å². The Morgan fingerprint density at radius 2 is 1.54 bits per heavy atom. The molecule has 3 amide bonds. The number of carbonyl (C=O) groups excluding carboxylic acids is 4. The number of hydrogen-bond donors (Lipinski definition) is 4. The summed E-state index contributed by atoms with van der Waals surface area (Å²) in [5, 5.41) is 4.87. The van der Waals surface area contributed by atoms with Crippen LogP contribution in [0.4, 0.5) is 5.69 Å². The number of benzene rings is 1. The largest absolute Gasteiger partial charge is 0.466 e. The Kier molecular flexibility index (Phi) is 10.9. The van der Waals surface area contributed by atoms with Gasteiger partial charge in [0.05, 0.1) is 13.0 Å². The fourth-order valence-corrected chi connectivity index (χ4v) is 2.05. The lowest BCUT2D eigenvalue weighted by atomic mass is 10.2. The van der Waals surface area contributed by atoms with Crippen molar-refractivity contribution in [3.8, 4) is 0 Å². The number of hydrogen-bond acceptors (Lipinski definition) is 6. The lowest BCUT2D eigenvalue weighted by Crippen LogP contribution is -2.48. The van der Waals surface area contributed by atoms with Crippen LogP contribution in [-0.2, 0) is 23.9 Å². The van der Waals surface area contributed by atoms with Gasteiger partial charge in [-0.15, -0.1) is 0 Å². The molecule has 0 aliphatic rings. The second kappa shape index (κ2) is 13.2. The summed E-state index contributed by atoms with van der Waals surface area (Å²) in [4.78, 5) is 46.4. The molecular weight excluding hydrogens is 384 g/mol. The molecule has 1 aromatic carbocycles. The van der Waals surface area contributed by atoms with Crippen LogP contribution < -0.4 is 21.5 Å². The van der Waals surface area contributed by atoms with E-state index in [2.05, 4.69) is 21.5 Å². The summed E-state index contributed by atoms with van der Waals surface area (Å²) in [6.07, 6.45) is 0.488. The zero-order chi connectivity index (χ0) is 20.8. The van der Waals surface area contributed by atoms with Crippen molar-refractivity contribution in [1.82, 2.24) is 16.2 Å². The first-order chi connectivity index (χ1) is 13.4. The smallest absolute Gasteiger partial charge is 0.306 e. The van der Waals surface area contributed by atoms with Gasteiger partial charge in [0.2, 0.25) is 17.7 Å². The lowest BCUT2D eigenvalue weighted by molar-refractivity contribution is -0.144. The SMILES string of the molecule is CCCOC(=O)CCC(=O)NC(=S)NNC(=O)CCC(=O)Nc1ccccc1. The summed E-state index contributed by atoms with van der Waals surface area (Å²) < 4.78 is 4.85. The van der Waals surface area contributed by atoms with E-state index in [0.717, 1.165) is 0 Å². The monoisotopic (exact) mass is 408 g/mol. The second-order valence-corrected chi connectivity index (χ2v) is 6.09. The maximum Gasteiger partial charge on any atom is 0.306 e. The molecule has 9 nitrogen and oxygen atoms in total. The number of carbonyl (C=O) groups is 4. The Hall–Kier alpha value is -3.01. The Balaban J connectivity index is 2.16. The van der Waals surface area contributed by atoms with Gasteiger partial charge in [0.1, 0.15) is 0 Å². The van der Waals surface area contributed by atoms with Crippen LogP contribution >= 0.6 is 12.2 Å².